The topological polar surface area (TPSA) is 88.2 Å². The number of hydrogen-bond donors (Lipinski definition) is 1. The van der Waals surface area contributed by atoms with Gasteiger partial charge in [-0.05, 0) is 56.5 Å². The highest BCUT2D eigenvalue weighted by Crippen LogP contribution is 2.21. The Morgan fingerprint density at radius 3 is 2.53 bits per heavy atom. The molecule has 180 valence electrons. The van der Waals surface area contributed by atoms with Crippen LogP contribution in [-0.2, 0) is 16.2 Å². The Kier molecular flexibility index (Phi) is 8.99. The highest BCUT2D eigenvalue weighted by atomic mass is 16.6. The van der Waals surface area contributed by atoms with E-state index in [-0.39, 0.29) is 23.5 Å². The molecule has 0 radical (unpaired) electrons. The van der Waals surface area contributed by atoms with Crippen molar-refractivity contribution in [1.82, 2.24) is 9.80 Å². The lowest BCUT2D eigenvalue weighted by atomic mass is 10.0. The molecule has 0 saturated heterocycles. The minimum atomic E-state index is -0.209. The normalized spacial score (nSPS) is 15.6. The van der Waals surface area contributed by atoms with Crippen LogP contribution in [0.15, 0.2) is 71.6 Å². The molecule has 0 aromatic heterocycles. The van der Waals surface area contributed by atoms with Gasteiger partial charge in [0.15, 0.2) is 5.84 Å². The molecule has 0 aliphatic carbocycles. The summed E-state index contributed by atoms with van der Waals surface area (Å²) in [4.78, 5) is 35.1. The largest absolute Gasteiger partial charge is 0.350 e. The average Bonchev–Trinajstić information content (AvgIpc) is 2.84. The molecule has 2 amide bonds. The van der Waals surface area contributed by atoms with E-state index in [0.29, 0.717) is 44.0 Å². The van der Waals surface area contributed by atoms with Crippen molar-refractivity contribution in [2.75, 3.05) is 19.6 Å². The quantitative estimate of drug-likeness (QED) is 0.539. The summed E-state index contributed by atoms with van der Waals surface area (Å²) in [6, 6.07) is 17.4. The van der Waals surface area contributed by atoms with Gasteiger partial charge in [-0.2, -0.15) is 0 Å². The van der Waals surface area contributed by atoms with Crippen LogP contribution in [0.3, 0.4) is 0 Å². The van der Waals surface area contributed by atoms with Crippen molar-refractivity contribution in [3.63, 3.8) is 0 Å². The van der Waals surface area contributed by atoms with Crippen LogP contribution in [0.5, 0.6) is 0 Å². The molecule has 0 fully saturated rings. The molecule has 2 N–H and O–H groups in total. The summed E-state index contributed by atoms with van der Waals surface area (Å²) >= 11 is 0. The predicted octanol–water partition coefficient (Wildman–Crippen LogP) is 4.09. The molecule has 3 rings (SSSR count). The van der Waals surface area contributed by atoms with Crippen LogP contribution in [0.4, 0.5) is 0 Å². The molecular formula is C27H34N4O3. The monoisotopic (exact) mass is 462 g/mol. The number of nitrogens with two attached hydrogens (primary N) is 1. The van der Waals surface area contributed by atoms with E-state index in [9.17, 15) is 9.59 Å². The van der Waals surface area contributed by atoms with E-state index in [1.54, 1.807) is 17.9 Å². The number of allylic oxidation sites excluding steroid dienone is 1. The predicted molar refractivity (Wildman–Crippen MR) is 134 cm³/mol. The van der Waals surface area contributed by atoms with Crippen molar-refractivity contribution in [1.29, 1.82) is 0 Å². The summed E-state index contributed by atoms with van der Waals surface area (Å²) in [7, 11) is 0. The fourth-order valence-corrected chi connectivity index (χ4v) is 3.88. The lowest BCUT2D eigenvalue weighted by Gasteiger charge is -2.31. The third kappa shape index (κ3) is 6.54. The van der Waals surface area contributed by atoms with Gasteiger partial charge in [0.1, 0.15) is 0 Å². The van der Waals surface area contributed by atoms with Crippen LogP contribution in [0.1, 0.15) is 48.2 Å². The van der Waals surface area contributed by atoms with E-state index in [1.165, 1.54) is 0 Å². The Labute approximate surface area is 201 Å². The van der Waals surface area contributed by atoms with E-state index in [4.69, 9.17) is 10.6 Å². The SMILES string of the molecule is CC=C1ON=C(CC(C)CN(CCCN)C(=O)c2ccc(C)cc2)N(Cc2ccccc2)C1=O. The zero-order valence-corrected chi connectivity index (χ0v) is 20.2. The van der Waals surface area contributed by atoms with Crippen LogP contribution in [-0.4, -0.2) is 47.1 Å². The lowest BCUT2D eigenvalue weighted by molar-refractivity contribution is -0.129. The lowest BCUT2D eigenvalue weighted by Crippen LogP contribution is -2.43. The third-order valence-electron chi connectivity index (χ3n) is 5.74. The van der Waals surface area contributed by atoms with Crippen molar-refractivity contribution < 1.29 is 14.4 Å². The number of hydrogen-bond acceptors (Lipinski definition) is 5. The molecule has 1 heterocycles. The molecule has 0 spiro atoms. The Hall–Kier alpha value is -3.45. The number of aryl methyl sites for hydroxylation is 1. The van der Waals surface area contributed by atoms with E-state index in [1.807, 2.05) is 66.4 Å². The zero-order valence-electron chi connectivity index (χ0n) is 20.2. The van der Waals surface area contributed by atoms with Gasteiger partial charge in [-0.15, -0.1) is 0 Å². The molecule has 1 aliphatic heterocycles. The number of carbonyl (C=O) groups is 2. The van der Waals surface area contributed by atoms with Gasteiger partial charge in [0.2, 0.25) is 5.76 Å². The summed E-state index contributed by atoms with van der Waals surface area (Å²) in [5.74, 6) is 0.600. The van der Waals surface area contributed by atoms with Gasteiger partial charge in [-0.3, -0.25) is 14.5 Å². The first kappa shape index (κ1) is 25.2. The minimum absolute atomic E-state index is 0.0180. The fourth-order valence-electron chi connectivity index (χ4n) is 3.88. The smallest absolute Gasteiger partial charge is 0.297 e. The van der Waals surface area contributed by atoms with Gasteiger partial charge in [0, 0.05) is 25.1 Å². The second-order valence-corrected chi connectivity index (χ2v) is 8.70. The van der Waals surface area contributed by atoms with Gasteiger partial charge in [0.25, 0.3) is 11.8 Å². The number of oxime groups is 1. The summed E-state index contributed by atoms with van der Waals surface area (Å²) in [5.41, 5.74) is 8.50. The van der Waals surface area contributed by atoms with Crippen LogP contribution in [0.2, 0.25) is 0 Å². The van der Waals surface area contributed by atoms with Crippen molar-refractivity contribution in [2.24, 2.45) is 16.8 Å². The maximum absolute atomic E-state index is 13.2. The number of carbonyl (C=O) groups excluding carboxylic acids is 2. The molecule has 1 atom stereocenters. The number of amidine groups is 1. The first-order valence-electron chi connectivity index (χ1n) is 11.7. The Morgan fingerprint density at radius 2 is 1.88 bits per heavy atom. The number of rotatable bonds is 10. The summed E-state index contributed by atoms with van der Waals surface area (Å²) in [5, 5.41) is 4.26. The van der Waals surface area contributed by atoms with E-state index in [2.05, 4.69) is 12.1 Å². The van der Waals surface area contributed by atoms with E-state index >= 15 is 0 Å². The van der Waals surface area contributed by atoms with Gasteiger partial charge in [-0.1, -0.05) is 60.1 Å². The van der Waals surface area contributed by atoms with E-state index in [0.717, 1.165) is 17.5 Å². The van der Waals surface area contributed by atoms with Gasteiger partial charge >= 0.3 is 0 Å². The van der Waals surface area contributed by atoms with Crippen LogP contribution in [0.25, 0.3) is 0 Å². The summed E-state index contributed by atoms with van der Waals surface area (Å²) in [6.45, 7) is 7.82. The highest BCUT2D eigenvalue weighted by molar-refractivity contribution is 6.06. The Bertz CT molecular complexity index is 1030. The third-order valence-corrected chi connectivity index (χ3v) is 5.74. The molecule has 7 nitrogen and oxygen atoms in total. The first-order chi connectivity index (χ1) is 16.4. The standard InChI is InChI=1S/C27H34N4O3/c1-4-24-27(33)31(19-22-9-6-5-7-10-22)25(29-34-24)17-21(3)18-30(16-8-15-28)26(32)23-13-11-20(2)12-14-23/h4-7,9-14,21H,8,15-19,28H2,1-3H3. The first-order valence-corrected chi connectivity index (χ1v) is 11.7. The van der Waals surface area contributed by atoms with Crippen molar-refractivity contribution >= 4 is 17.6 Å². The second-order valence-electron chi connectivity index (χ2n) is 8.70. The molecule has 0 bridgehead atoms. The molecule has 1 aliphatic rings. The Balaban J connectivity index is 1.75. The maximum atomic E-state index is 13.2. The molecule has 34 heavy (non-hydrogen) atoms. The molecule has 0 saturated carbocycles. The van der Waals surface area contributed by atoms with Crippen molar-refractivity contribution in [2.45, 2.75) is 40.2 Å². The molecular weight excluding hydrogens is 428 g/mol. The fraction of sp³-hybridized carbons (Fsp3) is 0.370. The molecule has 1 unspecified atom stereocenters. The summed E-state index contributed by atoms with van der Waals surface area (Å²) < 4.78 is 0. The van der Waals surface area contributed by atoms with Crippen molar-refractivity contribution in [3.8, 4) is 0 Å². The number of amides is 2. The zero-order chi connectivity index (χ0) is 24.5. The second kappa shape index (κ2) is 12.1. The summed E-state index contributed by atoms with van der Waals surface area (Å²) in [6.07, 6.45) is 2.84. The van der Waals surface area contributed by atoms with Gasteiger partial charge in [0.05, 0.1) is 6.54 Å². The average molecular weight is 463 g/mol. The van der Waals surface area contributed by atoms with Crippen molar-refractivity contribution in [3.05, 3.63) is 83.1 Å². The van der Waals surface area contributed by atoms with Gasteiger partial charge in [-0.25, -0.2) is 0 Å². The van der Waals surface area contributed by atoms with Crippen LogP contribution in [0, 0.1) is 12.8 Å². The number of benzene rings is 2. The van der Waals surface area contributed by atoms with Crippen LogP contribution >= 0.6 is 0 Å². The highest BCUT2D eigenvalue weighted by Gasteiger charge is 2.31. The molecule has 2 aromatic rings. The number of nitrogens with zero attached hydrogens (tertiary/aromatic N) is 3. The Morgan fingerprint density at radius 1 is 1.18 bits per heavy atom. The van der Waals surface area contributed by atoms with Crippen LogP contribution < -0.4 is 5.73 Å². The molecule has 2 aromatic carbocycles. The van der Waals surface area contributed by atoms with Gasteiger partial charge < -0.3 is 15.5 Å². The maximum Gasteiger partial charge on any atom is 0.297 e. The van der Waals surface area contributed by atoms with E-state index < -0.39 is 0 Å². The molecule has 7 heteroatoms. The minimum Gasteiger partial charge on any atom is -0.350 e.